The van der Waals surface area contributed by atoms with Gasteiger partial charge in [0.15, 0.2) is 0 Å². The van der Waals surface area contributed by atoms with Crippen molar-refractivity contribution in [3.05, 3.63) is 140 Å². The van der Waals surface area contributed by atoms with Gasteiger partial charge in [0.05, 0.1) is 97.5 Å². The summed E-state index contributed by atoms with van der Waals surface area (Å²) in [5, 5.41) is 72.3. The molecule has 0 aliphatic heterocycles. The Bertz CT molecular complexity index is 5100. The van der Waals surface area contributed by atoms with E-state index < -0.39 is 49.0 Å². The molecule has 36 nitrogen and oxygen atoms in total. The Morgan fingerprint density at radius 1 is 0.467 bits per heavy atom. The van der Waals surface area contributed by atoms with Gasteiger partial charge in [0, 0.05) is 108 Å². The maximum Gasteiger partial charge on any atom is 0.275 e. The highest BCUT2D eigenvalue weighted by molar-refractivity contribution is 9.11. The molecule has 0 aromatic carbocycles. The van der Waals surface area contributed by atoms with Crippen molar-refractivity contribution in [1.82, 2.24) is 139 Å². The first-order valence-electron chi connectivity index (χ1n) is 38.2. The van der Waals surface area contributed by atoms with Gasteiger partial charge in [0.2, 0.25) is 29.7 Å². The van der Waals surface area contributed by atoms with E-state index in [0.29, 0.717) is 68.5 Å². The summed E-state index contributed by atoms with van der Waals surface area (Å²) < 4.78 is 111. The Morgan fingerprint density at radius 2 is 0.813 bits per heavy atom. The zero-order chi connectivity index (χ0) is 84.3. The lowest BCUT2D eigenvalue weighted by molar-refractivity contribution is 0.0176. The molecule has 107 heavy (non-hydrogen) atoms. The van der Waals surface area contributed by atoms with Crippen LogP contribution in [0.3, 0.4) is 0 Å². The molecular weight excluding hydrogens is 1580 g/mol. The zero-order valence-electron chi connectivity index (χ0n) is 69.5. The molecule has 0 spiro atoms. The number of rotatable bonds is 26. The van der Waals surface area contributed by atoms with Crippen LogP contribution in [0.15, 0.2) is 112 Å². The predicted molar refractivity (Wildman–Crippen MR) is 409 cm³/mol. The fourth-order valence-electron chi connectivity index (χ4n) is 9.95. The molecule has 566 valence electrons. The van der Waals surface area contributed by atoms with E-state index in [1.165, 1.54) is 14.4 Å². The van der Waals surface area contributed by atoms with E-state index in [-0.39, 0.29) is 64.8 Å². The van der Waals surface area contributed by atoms with E-state index in [2.05, 4.69) is 181 Å². The maximum atomic E-state index is 13.9. The molecule has 2 fully saturated rings. The molecule has 2 saturated carbocycles. The van der Waals surface area contributed by atoms with Crippen molar-refractivity contribution in [3.8, 4) is 5.88 Å². The van der Waals surface area contributed by atoms with Gasteiger partial charge in [0.25, 0.3) is 5.92 Å². The molecule has 7 N–H and O–H groups in total. The van der Waals surface area contributed by atoms with Gasteiger partial charge in [0.1, 0.15) is 69.0 Å². The van der Waals surface area contributed by atoms with Gasteiger partial charge >= 0.3 is 0 Å². The summed E-state index contributed by atoms with van der Waals surface area (Å²) in [6, 6.07) is 7.22. The number of anilines is 11. The molecule has 12 aromatic rings. The monoisotopic (exact) mass is 1670 g/mol. The summed E-state index contributed by atoms with van der Waals surface area (Å²) in [5.41, 5.74) is -0.952. The number of aryl methyl sites for hydroxylation is 3. The van der Waals surface area contributed by atoms with Gasteiger partial charge in [-0.3, -0.25) is 14.0 Å². The van der Waals surface area contributed by atoms with Crippen molar-refractivity contribution in [1.29, 1.82) is 0 Å². The summed E-state index contributed by atoms with van der Waals surface area (Å²) in [7, 11) is 0. The standard InChI is InChI=1S/C19H27F2N9.C16H20BrN9.C16H19BrN8O.C15H20BrN9/c1-7-22-16-13(19(6,20)21)11-23-17(27-16)26-15-10-14(28-29(15)12(2)3)18(4,5)30-24-8-9-25-30;1-16(2,26-19-6-7-20-26)12-8-13(25(3)24-12)22-15-18-9-11(17)14(23-15)21-10-4-5-10;1-16(2,25-19-6-7-20-25)12-8-13(24(3)23-12)21-15-18-9-11(17)14(22-15)26-10-4-5-10;1-5-17-13-10(16)9-18-14(22-13)21-12-8-11(23-24(12)4)15(2,3)25-19-6-7-20-25/h8-12H,7H2,1-6H3,(H2,22,23,26,27);6-10H,4-5H2,1-3H3,(H2,18,21,22,23);6-10H,4-5H2,1-3H3,(H,18,21,22);6-9H,5H2,1-4H3,(H2,17,18,21,22)/i;2*3D3;4D3. The Hall–Kier alpha value is -10.6. The van der Waals surface area contributed by atoms with Crippen LogP contribution in [-0.2, 0) is 49.0 Å². The molecule has 2 aliphatic rings. The first-order valence-corrected chi connectivity index (χ1v) is 36.1. The molecule has 0 radical (unpaired) electrons. The van der Waals surface area contributed by atoms with Crippen LogP contribution in [0.25, 0.3) is 0 Å². The Labute approximate surface area is 653 Å². The van der Waals surface area contributed by atoms with Crippen LogP contribution in [0.5, 0.6) is 5.88 Å². The van der Waals surface area contributed by atoms with Crippen LogP contribution in [0.1, 0.15) is 162 Å². The molecule has 0 bridgehead atoms. The average molecular weight is 1670 g/mol. The summed E-state index contributed by atoms with van der Waals surface area (Å²) in [6.07, 6.45) is 22.8. The van der Waals surface area contributed by atoms with E-state index in [4.69, 9.17) is 22.2 Å². The molecule has 0 unspecified atom stereocenters. The fourth-order valence-corrected chi connectivity index (χ4v) is 10.9. The lowest BCUT2D eigenvalue weighted by atomic mass is 10.0. The molecule has 0 saturated heterocycles. The Morgan fingerprint density at radius 3 is 1.20 bits per heavy atom. The maximum absolute atomic E-state index is 13.9. The van der Waals surface area contributed by atoms with E-state index in [1.807, 2.05) is 89.2 Å². The molecule has 0 amide bonds. The van der Waals surface area contributed by atoms with Crippen LogP contribution in [-0.4, -0.2) is 164 Å². The predicted octanol–water partition coefficient (Wildman–Crippen LogP) is 11.7. The van der Waals surface area contributed by atoms with Gasteiger partial charge in [-0.2, -0.15) is 100 Å². The van der Waals surface area contributed by atoms with Gasteiger partial charge in [-0.1, -0.05) is 0 Å². The molecule has 12 heterocycles. The first-order chi connectivity index (χ1) is 54.4. The molecule has 12 aromatic heterocycles. The van der Waals surface area contributed by atoms with E-state index in [9.17, 15) is 8.78 Å². The summed E-state index contributed by atoms with van der Waals surface area (Å²) in [6.45, 7) is 17.3. The summed E-state index contributed by atoms with van der Waals surface area (Å²) in [5.74, 6) is 0.966. The topological polar surface area (TPSA) is 391 Å². The smallest absolute Gasteiger partial charge is 0.275 e. The Balaban J connectivity index is 0.000000152. The lowest BCUT2D eigenvalue weighted by Gasteiger charge is -2.21. The third-order valence-corrected chi connectivity index (χ3v) is 18.1. The molecule has 14 rings (SSSR count). The quantitative estimate of drug-likeness (QED) is 0.0265. The first kappa shape index (κ1) is 65.9. The number of halogens is 5. The van der Waals surface area contributed by atoms with Gasteiger partial charge in [-0.25, -0.2) is 33.4 Å². The molecule has 2 aliphatic carbocycles. The normalized spacial score (nSPS) is 14.8. The van der Waals surface area contributed by atoms with Crippen LogP contribution in [0.4, 0.5) is 73.3 Å². The number of hydrogen-bond acceptors (Lipinski definition) is 28. The van der Waals surface area contributed by atoms with E-state index >= 15 is 0 Å². The fraction of sp³-hybridized carbons (Fsp3) is 0.455. The van der Waals surface area contributed by atoms with Crippen LogP contribution < -0.4 is 42.0 Å². The van der Waals surface area contributed by atoms with Crippen molar-refractivity contribution in [2.45, 2.75) is 162 Å². The number of nitrogens with zero attached hydrogens (tertiary/aromatic N) is 28. The average Bonchev–Trinajstić information content (AvgIpc) is 1.64. The molecule has 41 heteroatoms. The summed E-state index contributed by atoms with van der Waals surface area (Å²) >= 11 is 10.2. The second-order valence-corrected chi connectivity index (χ2v) is 29.3. The third-order valence-electron chi connectivity index (χ3n) is 16.4. The van der Waals surface area contributed by atoms with Crippen molar-refractivity contribution < 1.29 is 25.9 Å². The number of alkyl halides is 2. The van der Waals surface area contributed by atoms with E-state index in [1.54, 1.807) is 95.8 Å². The van der Waals surface area contributed by atoms with Crippen molar-refractivity contribution in [2.24, 2.45) is 20.9 Å². The SMILES string of the molecule is CCNc1nc(Nc2cc(C(C)(C)n3nccn3)nn2C(C)C)ncc1C(C)(F)F.[2H]C([2H])([2H])n1nc(C(C)(C)n2nccn2)cc1Nc1ncc(Br)c(NC2CC2)n1.[2H]C([2H])([2H])n1nc(C(C)(C)n2nccn2)cc1Nc1ncc(Br)c(NCC)n1.[2H]C([2H])([2H])n1nc(C(C)(C)n2nccn2)cc1Nc1ncc(Br)c(OC2CC2)n1. The second-order valence-electron chi connectivity index (χ2n) is 26.7. The zero-order valence-corrected chi connectivity index (χ0v) is 65.3. The molecular formula is C66H86Br3F2N35O. The number of aromatic nitrogens is 28. The summed E-state index contributed by atoms with van der Waals surface area (Å²) in [4.78, 5) is 40.2. The minimum atomic E-state index is -3.05. The highest BCUT2D eigenvalue weighted by Gasteiger charge is 2.35. The third kappa shape index (κ3) is 18.6. The van der Waals surface area contributed by atoms with Crippen LogP contribution >= 0.6 is 47.8 Å². The van der Waals surface area contributed by atoms with Crippen molar-refractivity contribution in [3.63, 3.8) is 0 Å². The number of nitrogens with one attached hydrogen (secondary N) is 7. The van der Waals surface area contributed by atoms with Crippen molar-refractivity contribution >= 4 is 112 Å². The number of ether oxygens (including phenoxy) is 1. The van der Waals surface area contributed by atoms with Crippen molar-refractivity contribution in [2.75, 3.05) is 50.3 Å². The van der Waals surface area contributed by atoms with Gasteiger partial charge < -0.3 is 42.0 Å². The van der Waals surface area contributed by atoms with Gasteiger partial charge in [-0.05, 0) is 157 Å². The Kier molecular flexibility index (Phi) is 19.9. The minimum absolute atomic E-state index is 0.0371. The highest BCUT2D eigenvalue weighted by atomic mass is 79.9. The number of hydrogen-bond donors (Lipinski definition) is 7. The lowest BCUT2D eigenvalue weighted by Crippen LogP contribution is -2.30. The van der Waals surface area contributed by atoms with Crippen LogP contribution in [0.2, 0.25) is 0 Å². The van der Waals surface area contributed by atoms with Gasteiger partial charge in [-0.15, -0.1) is 0 Å². The van der Waals surface area contributed by atoms with E-state index in [0.717, 1.165) is 63.0 Å². The second kappa shape index (κ2) is 32.2. The highest BCUT2D eigenvalue weighted by Crippen LogP contribution is 2.37. The minimum Gasteiger partial charge on any atom is -0.473 e. The van der Waals surface area contributed by atoms with Crippen LogP contribution in [0, 0.1) is 0 Å². The largest absolute Gasteiger partial charge is 0.473 e. The molecule has 0 atom stereocenters.